The molecule has 24 heavy (non-hydrogen) atoms. The van der Waals surface area contributed by atoms with E-state index in [2.05, 4.69) is 4.99 Å². The van der Waals surface area contributed by atoms with Crippen LogP contribution in [0.3, 0.4) is 0 Å². The van der Waals surface area contributed by atoms with Crippen LogP contribution in [0.4, 0.5) is 4.39 Å². The Bertz CT molecular complexity index is 985. The van der Waals surface area contributed by atoms with Crippen molar-refractivity contribution in [3.05, 3.63) is 63.7 Å². The van der Waals surface area contributed by atoms with Gasteiger partial charge in [-0.2, -0.15) is 4.99 Å². The number of hydrogen-bond donors (Lipinski definition) is 0. The molecule has 3 nitrogen and oxygen atoms in total. The molecule has 1 heterocycles. The molecule has 0 aliphatic heterocycles. The summed E-state index contributed by atoms with van der Waals surface area (Å²) in [5.74, 6) is -0.465. The van der Waals surface area contributed by atoms with E-state index < -0.39 is 0 Å². The molecule has 0 aliphatic carbocycles. The predicted octanol–water partition coefficient (Wildman–Crippen LogP) is 4.15. The second-order valence-corrected chi connectivity index (χ2v) is 6.85. The van der Waals surface area contributed by atoms with E-state index in [-0.39, 0.29) is 18.1 Å². The van der Waals surface area contributed by atoms with Crippen molar-refractivity contribution in [3.8, 4) is 0 Å². The molecule has 0 bridgehead atoms. The van der Waals surface area contributed by atoms with E-state index in [9.17, 15) is 9.18 Å². The Morgan fingerprint density at radius 1 is 1.17 bits per heavy atom. The van der Waals surface area contributed by atoms with Crippen LogP contribution in [0.25, 0.3) is 10.2 Å². The van der Waals surface area contributed by atoms with Gasteiger partial charge in [0, 0.05) is 6.54 Å². The Morgan fingerprint density at radius 2 is 1.96 bits per heavy atom. The van der Waals surface area contributed by atoms with E-state index in [0.717, 1.165) is 15.8 Å². The minimum Gasteiger partial charge on any atom is -0.317 e. The Morgan fingerprint density at radius 3 is 2.67 bits per heavy atom. The topological polar surface area (TPSA) is 34.4 Å². The smallest absolute Gasteiger partial charge is 0.252 e. The number of carbonyl (C=O) groups is 1. The number of fused-ring (bicyclic) bond motifs is 1. The van der Waals surface area contributed by atoms with Crippen LogP contribution in [0.1, 0.15) is 23.6 Å². The van der Waals surface area contributed by atoms with Crippen molar-refractivity contribution >= 4 is 27.5 Å². The fraction of sp³-hybridized carbons (Fsp3) is 0.263. The number of amides is 1. The monoisotopic (exact) mass is 342 g/mol. The maximum absolute atomic E-state index is 13.4. The first-order valence-corrected chi connectivity index (χ1v) is 8.72. The zero-order valence-electron chi connectivity index (χ0n) is 14.0. The third kappa shape index (κ3) is 3.31. The third-order valence-electron chi connectivity index (χ3n) is 4.11. The highest BCUT2D eigenvalue weighted by Crippen LogP contribution is 2.18. The Labute approximate surface area is 144 Å². The van der Waals surface area contributed by atoms with Gasteiger partial charge in [-0.25, -0.2) is 4.39 Å². The summed E-state index contributed by atoms with van der Waals surface area (Å²) in [4.78, 5) is 17.2. The molecule has 5 heteroatoms. The highest BCUT2D eigenvalue weighted by atomic mass is 32.1. The second kappa shape index (κ2) is 6.69. The van der Waals surface area contributed by atoms with Crippen molar-refractivity contribution in [2.75, 3.05) is 0 Å². The zero-order chi connectivity index (χ0) is 17.3. The normalized spacial score (nSPS) is 12.1. The number of benzene rings is 2. The number of thiazole rings is 1. The summed E-state index contributed by atoms with van der Waals surface area (Å²) in [5, 5.41) is 0. The van der Waals surface area contributed by atoms with E-state index >= 15 is 0 Å². The number of nitrogens with zero attached hydrogens (tertiary/aromatic N) is 2. The van der Waals surface area contributed by atoms with Gasteiger partial charge in [-0.3, -0.25) is 4.79 Å². The lowest BCUT2D eigenvalue weighted by molar-refractivity contribution is -0.117. The third-order valence-corrected chi connectivity index (χ3v) is 5.15. The van der Waals surface area contributed by atoms with Crippen molar-refractivity contribution in [1.29, 1.82) is 0 Å². The van der Waals surface area contributed by atoms with Gasteiger partial charge in [0.1, 0.15) is 5.82 Å². The van der Waals surface area contributed by atoms with E-state index in [1.54, 1.807) is 6.07 Å². The van der Waals surface area contributed by atoms with Crippen molar-refractivity contribution in [3.63, 3.8) is 0 Å². The standard InChI is InChI=1S/C19H19FN2OS/c1-4-22-16-8-7-15(20)11-17(16)24-19(22)21-18(23)10-14-6-5-12(2)13(3)9-14/h5-9,11H,4,10H2,1-3H3. The van der Waals surface area contributed by atoms with Crippen molar-refractivity contribution < 1.29 is 9.18 Å². The van der Waals surface area contributed by atoms with Gasteiger partial charge in [-0.1, -0.05) is 29.5 Å². The van der Waals surface area contributed by atoms with Crippen molar-refractivity contribution in [1.82, 2.24) is 4.57 Å². The van der Waals surface area contributed by atoms with E-state index in [1.165, 1.54) is 34.6 Å². The van der Waals surface area contributed by atoms with E-state index in [0.29, 0.717) is 11.3 Å². The molecule has 2 aromatic carbocycles. The minimum atomic E-state index is -0.278. The number of aromatic nitrogens is 1. The molecule has 3 aromatic rings. The Kier molecular flexibility index (Phi) is 4.62. The summed E-state index contributed by atoms with van der Waals surface area (Å²) >= 11 is 1.34. The van der Waals surface area contributed by atoms with E-state index in [1.807, 2.05) is 43.5 Å². The molecule has 3 rings (SSSR count). The SMILES string of the molecule is CCn1c(=NC(=O)Cc2ccc(C)c(C)c2)sc2cc(F)ccc21. The number of rotatable bonds is 3. The van der Waals surface area contributed by atoms with Crippen LogP contribution in [-0.4, -0.2) is 10.5 Å². The summed E-state index contributed by atoms with van der Waals surface area (Å²) in [7, 11) is 0. The van der Waals surface area contributed by atoms with Crippen LogP contribution >= 0.6 is 11.3 Å². The average molecular weight is 342 g/mol. The fourth-order valence-electron chi connectivity index (χ4n) is 2.67. The zero-order valence-corrected chi connectivity index (χ0v) is 14.8. The first-order valence-electron chi connectivity index (χ1n) is 7.90. The molecule has 0 unspecified atom stereocenters. The quantitative estimate of drug-likeness (QED) is 0.704. The average Bonchev–Trinajstić information content (AvgIpc) is 2.86. The first-order chi connectivity index (χ1) is 11.5. The van der Waals surface area contributed by atoms with Crippen molar-refractivity contribution in [2.45, 2.75) is 33.7 Å². The number of carbonyl (C=O) groups excluding carboxylic acids is 1. The van der Waals surface area contributed by atoms with Crippen LogP contribution in [0.5, 0.6) is 0 Å². The predicted molar refractivity (Wildman–Crippen MR) is 95.6 cm³/mol. The molecule has 0 saturated heterocycles. The van der Waals surface area contributed by atoms with Gasteiger partial charge in [0.2, 0.25) is 0 Å². The molecule has 0 radical (unpaired) electrons. The molecule has 0 N–H and O–H groups in total. The maximum atomic E-state index is 13.4. The molecular formula is C19H19FN2OS. The molecule has 0 fully saturated rings. The van der Waals surface area contributed by atoms with Crippen LogP contribution in [0, 0.1) is 19.7 Å². The number of hydrogen-bond acceptors (Lipinski definition) is 2. The summed E-state index contributed by atoms with van der Waals surface area (Å²) in [5.41, 5.74) is 4.24. The van der Waals surface area contributed by atoms with Crippen LogP contribution in [0.2, 0.25) is 0 Å². The van der Waals surface area contributed by atoms with Gasteiger partial charge in [0.25, 0.3) is 5.91 Å². The molecule has 0 aliphatic rings. The van der Waals surface area contributed by atoms with Gasteiger partial charge >= 0.3 is 0 Å². The van der Waals surface area contributed by atoms with Crippen LogP contribution < -0.4 is 4.80 Å². The van der Waals surface area contributed by atoms with Gasteiger partial charge < -0.3 is 4.57 Å². The Balaban J connectivity index is 1.96. The Hall–Kier alpha value is -2.27. The highest BCUT2D eigenvalue weighted by Gasteiger charge is 2.08. The maximum Gasteiger partial charge on any atom is 0.252 e. The molecule has 1 amide bonds. The summed E-state index contributed by atoms with van der Waals surface area (Å²) in [6.07, 6.45) is 0.271. The lowest BCUT2D eigenvalue weighted by Crippen LogP contribution is -2.16. The van der Waals surface area contributed by atoms with Crippen molar-refractivity contribution in [2.24, 2.45) is 4.99 Å². The van der Waals surface area contributed by atoms with Crippen LogP contribution in [0.15, 0.2) is 41.4 Å². The molecule has 0 spiro atoms. The second-order valence-electron chi connectivity index (χ2n) is 5.84. The van der Waals surface area contributed by atoms with Gasteiger partial charge in [0.05, 0.1) is 16.6 Å². The minimum absolute atomic E-state index is 0.188. The van der Waals surface area contributed by atoms with Crippen LogP contribution in [-0.2, 0) is 17.8 Å². The van der Waals surface area contributed by atoms with E-state index in [4.69, 9.17) is 0 Å². The van der Waals surface area contributed by atoms with Gasteiger partial charge in [-0.05, 0) is 55.7 Å². The van der Waals surface area contributed by atoms with Gasteiger partial charge in [-0.15, -0.1) is 0 Å². The molecule has 1 aromatic heterocycles. The summed E-state index contributed by atoms with van der Waals surface area (Å²) in [6.45, 7) is 6.75. The molecule has 0 saturated carbocycles. The fourth-order valence-corrected chi connectivity index (χ4v) is 3.81. The summed E-state index contributed by atoms with van der Waals surface area (Å²) in [6, 6.07) is 10.7. The number of halogens is 1. The highest BCUT2D eigenvalue weighted by molar-refractivity contribution is 7.16. The largest absolute Gasteiger partial charge is 0.317 e. The van der Waals surface area contributed by atoms with Gasteiger partial charge in [0.15, 0.2) is 4.80 Å². The molecule has 0 atom stereocenters. The molecule has 124 valence electrons. The summed E-state index contributed by atoms with van der Waals surface area (Å²) < 4.78 is 16.1. The lowest BCUT2D eigenvalue weighted by Gasteiger charge is -2.03. The number of aryl methyl sites for hydroxylation is 3. The lowest BCUT2D eigenvalue weighted by atomic mass is 10.0. The first kappa shape index (κ1) is 16.6. The molecular weight excluding hydrogens is 323 g/mol.